The van der Waals surface area contributed by atoms with Crippen molar-refractivity contribution >= 4 is 0 Å². The van der Waals surface area contributed by atoms with Crippen molar-refractivity contribution in [1.29, 1.82) is 0 Å². The van der Waals surface area contributed by atoms with Crippen molar-refractivity contribution in [3.63, 3.8) is 0 Å². The second kappa shape index (κ2) is 23.3. The fourth-order valence-electron chi connectivity index (χ4n) is 2.54. The number of unbranched alkanes of at least 4 members (excludes halogenated alkanes) is 11. The molecule has 0 atom stereocenters. The van der Waals surface area contributed by atoms with Gasteiger partial charge in [-0.05, 0) is 34.4 Å². The normalized spacial score (nSPS) is 11.0. The van der Waals surface area contributed by atoms with E-state index in [1.165, 1.54) is 64.9 Å². The van der Waals surface area contributed by atoms with E-state index in [1.54, 1.807) is 0 Å². The van der Waals surface area contributed by atoms with Gasteiger partial charge in [0.05, 0.1) is 20.3 Å². The molecule has 0 aliphatic carbocycles. The van der Waals surface area contributed by atoms with Crippen LogP contribution in [-0.4, -0.2) is 20.3 Å². The van der Waals surface area contributed by atoms with Gasteiger partial charge < -0.3 is 4.89 Å². The van der Waals surface area contributed by atoms with Crippen molar-refractivity contribution < 1.29 is 34.7 Å². The fraction of sp³-hybridized carbons (Fsp3) is 0.900. The van der Waals surface area contributed by atoms with Crippen molar-refractivity contribution in [2.45, 2.75) is 96.8 Å². The maximum atomic E-state index is 4.89. The summed E-state index contributed by atoms with van der Waals surface area (Å²) in [5, 5.41) is 13.3. The number of allylic oxidation sites excluding steroid dienone is 1. The van der Waals surface area contributed by atoms with Gasteiger partial charge in [0.15, 0.2) is 0 Å². The maximum Gasteiger partial charge on any atom is 0.138 e. The standard InChI is InChI=1S/C20H40O7/c1-4-5-6-7-8-9-10-11-12-13-15-18-22-26-27-23-19-16-14-17-20(2)24-25-21-3/h2,4-19H2,1,3H3. The Morgan fingerprint density at radius 1 is 0.630 bits per heavy atom. The van der Waals surface area contributed by atoms with Crippen LogP contribution < -0.4 is 0 Å². The lowest BCUT2D eigenvalue weighted by Crippen LogP contribution is -2.01. The highest BCUT2D eigenvalue weighted by Crippen LogP contribution is 2.11. The van der Waals surface area contributed by atoms with Crippen LogP contribution in [0, 0.1) is 0 Å². The summed E-state index contributed by atoms with van der Waals surface area (Å²) in [6.45, 7) is 6.82. The van der Waals surface area contributed by atoms with Gasteiger partial charge in [-0.2, -0.15) is 4.89 Å². The van der Waals surface area contributed by atoms with Gasteiger partial charge in [0.25, 0.3) is 0 Å². The Hall–Kier alpha value is -0.700. The molecule has 0 aliphatic rings. The van der Waals surface area contributed by atoms with Crippen LogP contribution in [0.25, 0.3) is 0 Å². The van der Waals surface area contributed by atoms with Crippen molar-refractivity contribution in [3.8, 4) is 0 Å². The van der Waals surface area contributed by atoms with E-state index in [9.17, 15) is 0 Å². The van der Waals surface area contributed by atoms with Gasteiger partial charge in [0.2, 0.25) is 0 Å². The maximum absolute atomic E-state index is 4.89. The first-order chi connectivity index (χ1) is 13.3. The number of rotatable bonds is 23. The summed E-state index contributed by atoms with van der Waals surface area (Å²) >= 11 is 0. The molecule has 0 aliphatic heterocycles. The first-order valence-electron chi connectivity index (χ1n) is 10.4. The largest absolute Gasteiger partial charge is 0.314 e. The molecule has 0 spiro atoms. The Balaban J connectivity index is 3.04. The first-order valence-corrected chi connectivity index (χ1v) is 10.4. The molecule has 0 N–H and O–H groups in total. The molecule has 0 aromatic heterocycles. The highest BCUT2D eigenvalue weighted by Gasteiger charge is 1.99. The third-order valence-electron chi connectivity index (χ3n) is 4.11. The molecule has 0 bridgehead atoms. The Morgan fingerprint density at radius 3 is 1.63 bits per heavy atom. The zero-order chi connectivity index (χ0) is 19.8. The summed E-state index contributed by atoms with van der Waals surface area (Å²) in [5.74, 6) is 0.490. The van der Waals surface area contributed by atoms with Crippen LogP contribution in [0.15, 0.2) is 12.3 Å². The van der Waals surface area contributed by atoms with E-state index >= 15 is 0 Å². The first kappa shape index (κ1) is 26.3. The SMILES string of the molecule is C=C(CCCCOOOOCCCCCCCCCCCCC)OOOC. The minimum Gasteiger partial charge on any atom is -0.314 e. The third-order valence-corrected chi connectivity index (χ3v) is 4.11. The third kappa shape index (κ3) is 23.3. The summed E-state index contributed by atoms with van der Waals surface area (Å²) < 4.78 is 0. The van der Waals surface area contributed by atoms with Gasteiger partial charge in [-0.25, -0.2) is 9.78 Å². The summed E-state index contributed by atoms with van der Waals surface area (Å²) in [7, 11) is 1.36. The fourth-order valence-corrected chi connectivity index (χ4v) is 2.54. The Morgan fingerprint density at radius 2 is 1.11 bits per heavy atom. The number of hydrogen-bond acceptors (Lipinski definition) is 7. The van der Waals surface area contributed by atoms with Crippen molar-refractivity contribution in [2.24, 2.45) is 0 Å². The molecule has 0 unspecified atom stereocenters. The Bertz CT molecular complexity index is 300. The number of hydrogen-bond donors (Lipinski definition) is 0. The summed E-state index contributed by atoms with van der Waals surface area (Å²) in [4.78, 5) is 18.7. The van der Waals surface area contributed by atoms with Gasteiger partial charge in [0, 0.05) is 6.42 Å². The van der Waals surface area contributed by atoms with E-state index in [0.717, 1.165) is 25.7 Å². The quantitative estimate of drug-likeness (QED) is 0.0874. The van der Waals surface area contributed by atoms with Crippen LogP contribution in [0.4, 0.5) is 0 Å². The topological polar surface area (TPSA) is 64.6 Å². The monoisotopic (exact) mass is 392 g/mol. The molecule has 0 amide bonds. The molecule has 0 rings (SSSR count). The van der Waals surface area contributed by atoms with Crippen LogP contribution in [0.5, 0.6) is 0 Å². The van der Waals surface area contributed by atoms with E-state index < -0.39 is 0 Å². The Kier molecular flexibility index (Phi) is 22.7. The zero-order valence-electron chi connectivity index (χ0n) is 17.4. The molecule has 0 aromatic rings. The molecule has 0 aromatic carbocycles. The van der Waals surface area contributed by atoms with E-state index in [2.05, 4.69) is 33.5 Å². The van der Waals surface area contributed by atoms with E-state index in [-0.39, 0.29) is 0 Å². The second-order valence-electron chi connectivity index (χ2n) is 6.63. The molecule has 7 heteroatoms. The highest BCUT2D eigenvalue weighted by molar-refractivity contribution is 4.79. The van der Waals surface area contributed by atoms with Crippen molar-refractivity contribution in [3.05, 3.63) is 12.3 Å². The van der Waals surface area contributed by atoms with Crippen LogP contribution in [-0.2, 0) is 34.7 Å². The summed E-state index contributed by atoms with van der Waals surface area (Å²) in [6, 6.07) is 0. The van der Waals surface area contributed by atoms with Crippen LogP contribution in [0.3, 0.4) is 0 Å². The molecular formula is C20H40O7. The molecule has 0 radical (unpaired) electrons. The van der Waals surface area contributed by atoms with Gasteiger partial charge in [-0.1, -0.05) is 77.7 Å². The predicted octanol–water partition coefficient (Wildman–Crippen LogP) is 6.30. The van der Waals surface area contributed by atoms with Crippen molar-refractivity contribution in [1.82, 2.24) is 0 Å². The minimum atomic E-state index is 0.389. The average molecular weight is 393 g/mol. The van der Waals surface area contributed by atoms with E-state index in [0.29, 0.717) is 25.4 Å². The van der Waals surface area contributed by atoms with Gasteiger partial charge >= 0.3 is 0 Å². The van der Waals surface area contributed by atoms with Crippen molar-refractivity contribution in [2.75, 3.05) is 20.3 Å². The van der Waals surface area contributed by atoms with Crippen LogP contribution in [0.1, 0.15) is 96.8 Å². The molecule has 27 heavy (non-hydrogen) atoms. The summed E-state index contributed by atoms with van der Waals surface area (Å²) in [5.41, 5.74) is 0. The lowest BCUT2D eigenvalue weighted by molar-refractivity contribution is -0.634. The van der Waals surface area contributed by atoms with E-state index in [1.807, 2.05) is 0 Å². The molecule has 0 saturated carbocycles. The van der Waals surface area contributed by atoms with Gasteiger partial charge in [-0.3, -0.25) is 0 Å². The van der Waals surface area contributed by atoms with Gasteiger partial charge in [0.1, 0.15) is 5.76 Å². The Labute approximate surface area is 164 Å². The van der Waals surface area contributed by atoms with Crippen LogP contribution in [0.2, 0.25) is 0 Å². The second-order valence-corrected chi connectivity index (χ2v) is 6.63. The van der Waals surface area contributed by atoms with Crippen LogP contribution >= 0.6 is 0 Å². The molecular weight excluding hydrogens is 352 g/mol. The highest BCUT2D eigenvalue weighted by atomic mass is 17.7. The predicted molar refractivity (Wildman–Crippen MR) is 103 cm³/mol. The minimum absolute atomic E-state index is 0.389. The van der Waals surface area contributed by atoms with Gasteiger partial charge in [-0.15, -0.1) is 0 Å². The molecule has 0 heterocycles. The lowest BCUT2D eigenvalue weighted by Gasteiger charge is -2.05. The molecule has 0 fully saturated rings. The molecule has 0 saturated heterocycles. The molecule has 7 nitrogen and oxygen atoms in total. The smallest absolute Gasteiger partial charge is 0.138 e. The molecule has 162 valence electrons. The average Bonchev–Trinajstić information content (AvgIpc) is 2.68. The van der Waals surface area contributed by atoms with E-state index in [4.69, 9.17) is 14.7 Å². The zero-order valence-corrected chi connectivity index (χ0v) is 17.4. The summed E-state index contributed by atoms with van der Waals surface area (Å²) in [6.07, 6.45) is 16.5. The lowest BCUT2D eigenvalue weighted by atomic mass is 10.1.